The normalized spacial score (nSPS) is 12.4. The molecular weight excluding hydrogens is 214 g/mol. The fourth-order valence-electron chi connectivity index (χ4n) is 1.73. The molecule has 1 unspecified atom stereocenters. The SMILES string of the molecule is CCCCC(CC)COc1cc(CO)ccn1. The van der Waals surface area contributed by atoms with Crippen LogP contribution in [0.2, 0.25) is 0 Å². The van der Waals surface area contributed by atoms with E-state index in [2.05, 4.69) is 18.8 Å². The van der Waals surface area contributed by atoms with E-state index >= 15 is 0 Å². The van der Waals surface area contributed by atoms with E-state index in [1.807, 2.05) is 0 Å². The lowest BCUT2D eigenvalue weighted by atomic mass is 10.0. The van der Waals surface area contributed by atoms with Gasteiger partial charge in [-0.2, -0.15) is 0 Å². The van der Waals surface area contributed by atoms with Gasteiger partial charge in [-0.15, -0.1) is 0 Å². The lowest BCUT2D eigenvalue weighted by Crippen LogP contribution is -2.12. The van der Waals surface area contributed by atoms with Crippen LogP contribution >= 0.6 is 0 Å². The Bertz CT molecular complexity index is 315. The maximum Gasteiger partial charge on any atom is 0.213 e. The summed E-state index contributed by atoms with van der Waals surface area (Å²) < 4.78 is 5.68. The first-order chi connectivity index (χ1) is 8.30. The van der Waals surface area contributed by atoms with E-state index in [4.69, 9.17) is 9.84 Å². The highest BCUT2D eigenvalue weighted by atomic mass is 16.5. The predicted molar refractivity (Wildman–Crippen MR) is 69.0 cm³/mol. The molecule has 0 saturated carbocycles. The van der Waals surface area contributed by atoms with Gasteiger partial charge in [0.2, 0.25) is 5.88 Å². The Morgan fingerprint density at radius 2 is 2.24 bits per heavy atom. The molecule has 0 fully saturated rings. The fourth-order valence-corrected chi connectivity index (χ4v) is 1.73. The van der Waals surface area contributed by atoms with Crippen LogP contribution in [-0.2, 0) is 6.61 Å². The van der Waals surface area contributed by atoms with Crippen LogP contribution in [0.25, 0.3) is 0 Å². The van der Waals surface area contributed by atoms with E-state index in [-0.39, 0.29) is 6.61 Å². The van der Waals surface area contributed by atoms with Gasteiger partial charge in [0.1, 0.15) is 0 Å². The van der Waals surface area contributed by atoms with Gasteiger partial charge in [0, 0.05) is 12.3 Å². The fraction of sp³-hybridized carbons (Fsp3) is 0.643. The second-order valence-corrected chi connectivity index (χ2v) is 4.39. The summed E-state index contributed by atoms with van der Waals surface area (Å²) in [4.78, 5) is 4.14. The third-order valence-electron chi connectivity index (χ3n) is 2.99. The Morgan fingerprint density at radius 3 is 2.88 bits per heavy atom. The van der Waals surface area contributed by atoms with Gasteiger partial charge in [-0.05, 0) is 24.0 Å². The van der Waals surface area contributed by atoms with Crippen LogP contribution in [-0.4, -0.2) is 16.7 Å². The summed E-state index contributed by atoms with van der Waals surface area (Å²) in [6.45, 7) is 5.16. The molecule has 1 N–H and O–H groups in total. The molecule has 0 amide bonds. The third-order valence-corrected chi connectivity index (χ3v) is 2.99. The Morgan fingerprint density at radius 1 is 1.41 bits per heavy atom. The molecule has 17 heavy (non-hydrogen) atoms. The van der Waals surface area contributed by atoms with E-state index < -0.39 is 0 Å². The molecule has 1 atom stereocenters. The number of ether oxygens (including phenoxy) is 1. The number of aliphatic hydroxyl groups is 1. The highest BCUT2D eigenvalue weighted by Gasteiger charge is 2.07. The van der Waals surface area contributed by atoms with Crippen molar-refractivity contribution in [3.8, 4) is 5.88 Å². The molecule has 0 aliphatic heterocycles. The van der Waals surface area contributed by atoms with E-state index in [1.54, 1.807) is 18.3 Å². The van der Waals surface area contributed by atoms with Crippen molar-refractivity contribution in [1.82, 2.24) is 4.98 Å². The molecule has 0 aromatic carbocycles. The summed E-state index contributed by atoms with van der Waals surface area (Å²) in [6.07, 6.45) is 6.51. The molecule has 0 spiro atoms. The molecule has 3 heteroatoms. The van der Waals surface area contributed by atoms with E-state index in [1.165, 1.54) is 19.3 Å². The Labute approximate surface area is 104 Å². The van der Waals surface area contributed by atoms with Gasteiger partial charge in [0.25, 0.3) is 0 Å². The lowest BCUT2D eigenvalue weighted by Gasteiger charge is -2.15. The zero-order valence-corrected chi connectivity index (χ0v) is 10.9. The van der Waals surface area contributed by atoms with Gasteiger partial charge in [-0.3, -0.25) is 0 Å². The number of hydrogen-bond donors (Lipinski definition) is 1. The van der Waals surface area contributed by atoms with Gasteiger partial charge in [0.15, 0.2) is 0 Å². The Kier molecular flexibility index (Phi) is 6.63. The second kappa shape index (κ2) is 8.07. The Balaban J connectivity index is 2.41. The molecule has 0 saturated heterocycles. The van der Waals surface area contributed by atoms with Gasteiger partial charge in [0.05, 0.1) is 13.2 Å². The number of pyridine rings is 1. The molecular formula is C14H23NO2. The number of unbranched alkanes of at least 4 members (excludes halogenated alkanes) is 1. The van der Waals surface area contributed by atoms with Gasteiger partial charge in [-0.1, -0.05) is 33.1 Å². The molecule has 1 aromatic heterocycles. The van der Waals surface area contributed by atoms with Crippen LogP contribution in [0.1, 0.15) is 45.1 Å². The molecule has 0 aliphatic rings. The quantitative estimate of drug-likeness (QED) is 0.755. The van der Waals surface area contributed by atoms with Crippen molar-refractivity contribution in [2.75, 3.05) is 6.61 Å². The Hall–Kier alpha value is -1.09. The van der Waals surface area contributed by atoms with Crippen LogP contribution in [0.15, 0.2) is 18.3 Å². The van der Waals surface area contributed by atoms with Crippen molar-refractivity contribution in [1.29, 1.82) is 0 Å². The molecule has 0 aliphatic carbocycles. The maximum atomic E-state index is 9.02. The van der Waals surface area contributed by atoms with Crippen molar-refractivity contribution in [2.45, 2.75) is 46.1 Å². The monoisotopic (exact) mass is 237 g/mol. The summed E-state index contributed by atoms with van der Waals surface area (Å²) >= 11 is 0. The van der Waals surface area contributed by atoms with E-state index in [0.717, 1.165) is 18.6 Å². The standard InChI is InChI=1S/C14H23NO2/c1-3-5-6-12(4-2)11-17-14-9-13(10-16)7-8-15-14/h7-9,12,16H,3-6,10-11H2,1-2H3. The van der Waals surface area contributed by atoms with Crippen LogP contribution in [0.4, 0.5) is 0 Å². The summed E-state index contributed by atoms with van der Waals surface area (Å²) in [5.74, 6) is 1.22. The number of rotatable bonds is 8. The molecule has 0 bridgehead atoms. The smallest absolute Gasteiger partial charge is 0.213 e. The summed E-state index contributed by atoms with van der Waals surface area (Å²) in [5, 5.41) is 9.02. The average Bonchev–Trinajstić information content (AvgIpc) is 2.39. The first kappa shape index (κ1) is 14.0. The minimum absolute atomic E-state index is 0.0337. The molecule has 0 radical (unpaired) electrons. The number of aliphatic hydroxyl groups excluding tert-OH is 1. The highest BCUT2D eigenvalue weighted by molar-refractivity contribution is 5.19. The first-order valence-electron chi connectivity index (χ1n) is 6.48. The molecule has 96 valence electrons. The van der Waals surface area contributed by atoms with Crippen molar-refractivity contribution >= 4 is 0 Å². The lowest BCUT2D eigenvalue weighted by molar-refractivity contribution is 0.224. The third kappa shape index (κ3) is 5.18. The summed E-state index contributed by atoms with van der Waals surface area (Å²) in [7, 11) is 0. The minimum Gasteiger partial charge on any atom is -0.477 e. The predicted octanol–water partition coefficient (Wildman–Crippen LogP) is 3.17. The topological polar surface area (TPSA) is 42.4 Å². The molecule has 1 aromatic rings. The number of nitrogens with zero attached hydrogens (tertiary/aromatic N) is 1. The minimum atomic E-state index is 0.0337. The van der Waals surface area contributed by atoms with E-state index in [9.17, 15) is 0 Å². The first-order valence-corrected chi connectivity index (χ1v) is 6.48. The van der Waals surface area contributed by atoms with Crippen molar-refractivity contribution in [3.63, 3.8) is 0 Å². The highest BCUT2D eigenvalue weighted by Crippen LogP contribution is 2.15. The summed E-state index contributed by atoms with van der Waals surface area (Å²) in [5.41, 5.74) is 0.844. The number of hydrogen-bond acceptors (Lipinski definition) is 3. The van der Waals surface area contributed by atoms with Gasteiger partial charge in [-0.25, -0.2) is 4.98 Å². The van der Waals surface area contributed by atoms with Crippen LogP contribution in [0.3, 0.4) is 0 Å². The second-order valence-electron chi connectivity index (χ2n) is 4.39. The van der Waals surface area contributed by atoms with Gasteiger partial charge >= 0.3 is 0 Å². The van der Waals surface area contributed by atoms with Crippen molar-refractivity contribution in [3.05, 3.63) is 23.9 Å². The zero-order valence-electron chi connectivity index (χ0n) is 10.9. The zero-order chi connectivity index (χ0) is 12.5. The number of aromatic nitrogens is 1. The van der Waals surface area contributed by atoms with Gasteiger partial charge < -0.3 is 9.84 Å². The largest absolute Gasteiger partial charge is 0.477 e. The van der Waals surface area contributed by atoms with Crippen molar-refractivity contribution < 1.29 is 9.84 Å². The maximum absolute atomic E-state index is 9.02. The molecule has 3 nitrogen and oxygen atoms in total. The van der Waals surface area contributed by atoms with Crippen LogP contribution in [0.5, 0.6) is 5.88 Å². The van der Waals surface area contributed by atoms with Crippen LogP contribution < -0.4 is 4.74 Å². The van der Waals surface area contributed by atoms with E-state index in [0.29, 0.717) is 11.8 Å². The molecule has 1 rings (SSSR count). The summed E-state index contributed by atoms with van der Waals surface area (Å²) in [6, 6.07) is 3.59. The molecule has 1 heterocycles. The average molecular weight is 237 g/mol. The van der Waals surface area contributed by atoms with Crippen molar-refractivity contribution in [2.24, 2.45) is 5.92 Å². The van der Waals surface area contributed by atoms with Crippen LogP contribution in [0, 0.1) is 5.92 Å².